The van der Waals surface area contributed by atoms with Gasteiger partial charge >= 0.3 is 0 Å². The van der Waals surface area contributed by atoms with Gasteiger partial charge in [-0.1, -0.05) is 26.0 Å². The fraction of sp³-hybridized carbons (Fsp3) is 0.333. The van der Waals surface area contributed by atoms with Crippen LogP contribution in [0.3, 0.4) is 0 Å². The summed E-state index contributed by atoms with van der Waals surface area (Å²) >= 11 is 0. The van der Waals surface area contributed by atoms with E-state index in [0.717, 1.165) is 5.56 Å². The zero-order chi connectivity index (χ0) is 14.6. The van der Waals surface area contributed by atoms with Crippen molar-refractivity contribution < 1.29 is 9.13 Å². The predicted octanol–water partition coefficient (Wildman–Crippen LogP) is 3.01. The molecule has 0 fully saturated rings. The van der Waals surface area contributed by atoms with Crippen LogP contribution in [0.2, 0.25) is 0 Å². The number of halogens is 1. The van der Waals surface area contributed by atoms with Crippen LogP contribution in [0.5, 0.6) is 5.88 Å². The van der Waals surface area contributed by atoms with Gasteiger partial charge in [-0.25, -0.2) is 9.37 Å². The molecule has 0 spiro atoms. The number of aromatic nitrogens is 2. The first kappa shape index (κ1) is 14.2. The molecule has 0 atom stereocenters. The maximum Gasteiger partial charge on any atom is 0.225 e. The van der Waals surface area contributed by atoms with E-state index < -0.39 is 0 Å². The molecular formula is C15H18FN3O. The summed E-state index contributed by atoms with van der Waals surface area (Å²) in [4.78, 5) is 8.31. The lowest BCUT2D eigenvalue weighted by Gasteiger charge is -2.25. The molecule has 0 aliphatic rings. The molecule has 20 heavy (non-hydrogen) atoms. The van der Waals surface area contributed by atoms with Crippen molar-refractivity contribution in [3.63, 3.8) is 0 Å². The van der Waals surface area contributed by atoms with Crippen molar-refractivity contribution in [3.05, 3.63) is 47.9 Å². The fourth-order valence-corrected chi connectivity index (χ4v) is 1.85. The third-order valence-electron chi connectivity index (χ3n) is 3.13. The van der Waals surface area contributed by atoms with Gasteiger partial charge in [-0.3, -0.25) is 0 Å². The molecule has 1 heterocycles. The van der Waals surface area contributed by atoms with E-state index in [0.29, 0.717) is 18.4 Å². The van der Waals surface area contributed by atoms with Gasteiger partial charge in [0.05, 0.1) is 7.11 Å². The smallest absolute Gasteiger partial charge is 0.225 e. The molecule has 1 N–H and O–H groups in total. The monoisotopic (exact) mass is 275 g/mol. The van der Waals surface area contributed by atoms with E-state index in [4.69, 9.17) is 4.74 Å². The lowest BCUT2D eigenvalue weighted by Crippen LogP contribution is -2.28. The van der Waals surface area contributed by atoms with Gasteiger partial charge in [-0.2, -0.15) is 4.98 Å². The lowest BCUT2D eigenvalue weighted by molar-refractivity contribution is 0.397. The number of nitrogens with zero attached hydrogens (tertiary/aromatic N) is 2. The maximum atomic E-state index is 13.3. The van der Waals surface area contributed by atoms with Crippen LogP contribution in [0.4, 0.5) is 10.3 Å². The summed E-state index contributed by atoms with van der Waals surface area (Å²) in [6.07, 6.45) is 1.63. The molecule has 0 amide bonds. The lowest BCUT2D eigenvalue weighted by atomic mass is 9.84. The Morgan fingerprint density at radius 3 is 2.80 bits per heavy atom. The molecular weight excluding hydrogens is 257 g/mol. The van der Waals surface area contributed by atoms with Gasteiger partial charge in [-0.15, -0.1) is 0 Å². The van der Waals surface area contributed by atoms with Crippen LogP contribution in [-0.4, -0.2) is 23.6 Å². The molecule has 5 heteroatoms. The van der Waals surface area contributed by atoms with Crippen molar-refractivity contribution in [1.29, 1.82) is 0 Å². The maximum absolute atomic E-state index is 13.3. The van der Waals surface area contributed by atoms with Crippen LogP contribution in [0.1, 0.15) is 19.4 Å². The third kappa shape index (κ3) is 3.44. The van der Waals surface area contributed by atoms with Gasteiger partial charge in [-0.05, 0) is 17.7 Å². The second-order valence-electron chi connectivity index (χ2n) is 5.17. The van der Waals surface area contributed by atoms with Gasteiger partial charge < -0.3 is 10.1 Å². The highest BCUT2D eigenvalue weighted by atomic mass is 19.1. The molecule has 1 aromatic carbocycles. The molecule has 0 saturated heterocycles. The van der Waals surface area contributed by atoms with E-state index >= 15 is 0 Å². The van der Waals surface area contributed by atoms with Gasteiger partial charge in [0.15, 0.2) is 0 Å². The first-order valence-electron chi connectivity index (χ1n) is 6.38. The average Bonchev–Trinajstić information content (AvgIpc) is 2.45. The summed E-state index contributed by atoms with van der Waals surface area (Å²) in [5.41, 5.74) is 0.682. The normalized spacial score (nSPS) is 11.2. The summed E-state index contributed by atoms with van der Waals surface area (Å²) in [5.74, 6) is 0.771. The summed E-state index contributed by atoms with van der Waals surface area (Å²) in [6.45, 7) is 4.66. The molecule has 106 valence electrons. The SMILES string of the molecule is COc1ccnc(NCC(C)(C)c2cccc(F)c2)n1. The van der Waals surface area contributed by atoms with E-state index in [1.165, 1.54) is 6.07 Å². The van der Waals surface area contributed by atoms with Gasteiger partial charge in [0.25, 0.3) is 0 Å². The minimum absolute atomic E-state index is 0.229. The second kappa shape index (κ2) is 5.86. The number of ether oxygens (including phenoxy) is 1. The summed E-state index contributed by atoms with van der Waals surface area (Å²) in [7, 11) is 1.56. The van der Waals surface area contributed by atoms with Crippen molar-refractivity contribution in [2.24, 2.45) is 0 Å². The Morgan fingerprint density at radius 2 is 2.10 bits per heavy atom. The van der Waals surface area contributed by atoms with E-state index in [1.54, 1.807) is 31.5 Å². The highest BCUT2D eigenvalue weighted by molar-refractivity contribution is 5.32. The summed E-state index contributed by atoms with van der Waals surface area (Å²) in [5, 5.41) is 3.15. The molecule has 2 aromatic rings. The topological polar surface area (TPSA) is 47.0 Å². The quantitative estimate of drug-likeness (QED) is 0.911. The summed E-state index contributed by atoms with van der Waals surface area (Å²) < 4.78 is 18.3. The van der Waals surface area contributed by atoms with Gasteiger partial charge in [0, 0.05) is 24.2 Å². The standard InChI is InChI=1S/C15H18FN3O/c1-15(2,11-5-4-6-12(16)9-11)10-18-14-17-8-7-13(19-14)20-3/h4-9H,10H2,1-3H3,(H,17,18,19). The number of anilines is 1. The van der Waals surface area contributed by atoms with Crippen LogP contribution in [0.15, 0.2) is 36.5 Å². The largest absolute Gasteiger partial charge is 0.481 e. The van der Waals surface area contributed by atoms with Crippen LogP contribution >= 0.6 is 0 Å². The van der Waals surface area contributed by atoms with Gasteiger partial charge in [0.2, 0.25) is 11.8 Å². The van der Waals surface area contributed by atoms with Crippen molar-refractivity contribution in [2.75, 3.05) is 19.0 Å². The zero-order valence-electron chi connectivity index (χ0n) is 11.9. The molecule has 4 nitrogen and oxygen atoms in total. The number of methoxy groups -OCH3 is 1. The Bertz CT molecular complexity index is 587. The number of hydrogen-bond acceptors (Lipinski definition) is 4. The van der Waals surface area contributed by atoms with Crippen LogP contribution in [-0.2, 0) is 5.41 Å². The number of benzene rings is 1. The van der Waals surface area contributed by atoms with Crippen molar-refractivity contribution in [3.8, 4) is 5.88 Å². The molecule has 0 aliphatic carbocycles. The number of hydrogen-bond donors (Lipinski definition) is 1. The predicted molar refractivity (Wildman–Crippen MR) is 76.5 cm³/mol. The highest BCUT2D eigenvalue weighted by Crippen LogP contribution is 2.24. The minimum Gasteiger partial charge on any atom is -0.481 e. The first-order valence-corrected chi connectivity index (χ1v) is 6.38. The molecule has 0 aliphatic heterocycles. The Labute approximate surface area is 118 Å². The van der Waals surface area contributed by atoms with Crippen molar-refractivity contribution in [2.45, 2.75) is 19.3 Å². The van der Waals surface area contributed by atoms with Gasteiger partial charge in [0.1, 0.15) is 5.82 Å². The Hall–Kier alpha value is -2.17. The average molecular weight is 275 g/mol. The number of rotatable bonds is 5. The second-order valence-corrected chi connectivity index (χ2v) is 5.17. The van der Waals surface area contributed by atoms with E-state index in [1.807, 2.05) is 19.9 Å². The molecule has 0 radical (unpaired) electrons. The van der Waals surface area contributed by atoms with Crippen molar-refractivity contribution in [1.82, 2.24) is 9.97 Å². The Balaban J connectivity index is 2.08. The molecule has 0 saturated carbocycles. The van der Waals surface area contributed by atoms with E-state index in [-0.39, 0.29) is 11.2 Å². The fourth-order valence-electron chi connectivity index (χ4n) is 1.85. The minimum atomic E-state index is -0.242. The number of nitrogens with one attached hydrogen (secondary N) is 1. The highest BCUT2D eigenvalue weighted by Gasteiger charge is 2.21. The van der Waals surface area contributed by atoms with Crippen LogP contribution in [0, 0.1) is 5.82 Å². The van der Waals surface area contributed by atoms with Crippen molar-refractivity contribution >= 4 is 5.95 Å². The molecule has 1 aromatic heterocycles. The Morgan fingerprint density at radius 1 is 1.30 bits per heavy atom. The molecule has 0 unspecified atom stereocenters. The zero-order valence-corrected chi connectivity index (χ0v) is 11.9. The van der Waals surface area contributed by atoms with Crippen LogP contribution in [0.25, 0.3) is 0 Å². The third-order valence-corrected chi connectivity index (χ3v) is 3.13. The Kier molecular flexibility index (Phi) is 4.17. The molecule has 2 rings (SSSR count). The van der Waals surface area contributed by atoms with E-state index in [2.05, 4.69) is 15.3 Å². The summed E-state index contributed by atoms with van der Waals surface area (Å²) in [6, 6.07) is 8.31. The first-order chi connectivity index (χ1) is 9.51. The molecule has 0 bridgehead atoms. The van der Waals surface area contributed by atoms with Crippen LogP contribution < -0.4 is 10.1 Å². The van der Waals surface area contributed by atoms with E-state index in [9.17, 15) is 4.39 Å².